The molecule has 0 atom stereocenters. The number of carbonyl (C=O) groups is 1. The number of imidazole rings is 1. The molecule has 0 aliphatic rings. The zero-order valence-corrected chi connectivity index (χ0v) is 9.06. The third-order valence-electron chi connectivity index (χ3n) is 1.19. The molecule has 0 spiro atoms. The molecule has 0 N–H and O–H groups in total. The first-order valence-corrected chi connectivity index (χ1v) is 4.24. The molecular weight excluding hydrogens is 180 g/mol. The van der Waals surface area contributed by atoms with Gasteiger partial charge in [0, 0.05) is 5.97 Å². The van der Waals surface area contributed by atoms with Crippen molar-refractivity contribution in [3.63, 3.8) is 0 Å². The van der Waals surface area contributed by atoms with Gasteiger partial charge in [0.2, 0.25) is 6.33 Å². The minimum Gasteiger partial charge on any atom is -0.550 e. The minimum atomic E-state index is -1.08. The highest BCUT2D eigenvalue weighted by molar-refractivity contribution is 5.60. The van der Waals surface area contributed by atoms with Crippen LogP contribution < -0.4 is 9.67 Å². The Bertz CT molecular complexity index is 252. The van der Waals surface area contributed by atoms with E-state index in [4.69, 9.17) is 9.90 Å². The molecule has 4 heteroatoms. The number of hydrogen-bond donors (Lipinski definition) is 0. The van der Waals surface area contributed by atoms with Crippen molar-refractivity contribution >= 4 is 5.97 Å². The van der Waals surface area contributed by atoms with Gasteiger partial charge >= 0.3 is 0 Å². The number of rotatable bonds is 1. The van der Waals surface area contributed by atoms with Gasteiger partial charge in [-0.3, -0.25) is 0 Å². The van der Waals surface area contributed by atoms with Crippen molar-refractivity contribution in [3.05, 3.63) is 31.9 Å². The minimum absolute atomic E-state index is 0.972. The Morgan fingerprint density at radius 2 is 2.00 bits per heavy atom. The quantitative estimate of drug-likeness (QED) is 0.467. The fraction of sp³-hybridized carbons (Fsp3) is 0.400. The number of aryl methyl sites for hydroxylation is 2. The van der Waals surface area contributed by atoms with E-state index < -0.39 is 5.97 Å². The Balaban J connectivity index is 0. The second-order valence-corrected chi connectivity index (χ2v) is 2.40. The highest BCUT2D eigenvalue weighted by atomic mass is 16.4. The molecule has 0 saturated carbocycles. The lowest BCUT2D eigenvalue weighted by Crippen LogP contribution is -2.23. The lowest BCUT2D eigenvalue weighted by Gasteiger charge is -1.81. The summed E-state index contributed by atoms with van der Waals surface area (Å²) in [4.78, 5) is 8.89. The number of aliphatic carboxylic acids is 1. The predicted octanol–water partition coefficient (Wildman–Crippen LogP) is -0.109. The second-order valence-electron chi connectivity index (χ2n) is 2.40. The monoisotopic (exact) mass is 198 g/mol. The molecule has 14 heavy (non-hydrogen) atoms. The molecule has 0 amide bonds. The Morgan fingerprint density at radius 3 is 2.14 bits per heavy atom. The number of carboxylic acids is 1. The maximum Gasteiger partial charge on any atom is 0.243 e. The molecule has 4 nitrogen and oxygen atoms in total. The van der Waals surface area contributed by atoms with Gasteiger partial charge in [0.05, 0.1) is 13.6 Å². The number of carboxylic acid groups (broad SMARTS) is 1. The normalized spacial score (nSPS) is 7.64. The molecule has 0 fully saturated rings. The zero-order chi connectivity index (χ0) is 11.6. The van der Waals surface area contributed by atoms with Crippen LogP contribution in [0.15, 0.2) is 31.9 Å². The van der Waals surface area contributed by atoms with Crippen LogP contribution in [-0.2, 0) is 18.4 Å². The van der Waals surface area contributed by atoms with Crippen LogP contribution in [-0.4, -0.2) is 10.5 Å². The van der Waals surface area contributed by atoms with Crippen molar-refractivity contribution in [2.45, 2.75) is 20.4 Å². The standard InChI is InChI=1S/C6H11N2.C2H4O2.C2H4/c1-3-8-5-4-7(2)6-8;1-2(3)4;1-2/h4-6H,3H2,1-2H3;1H3,(H,3,4);1-2H2/q+1;;/p-1. The largest absolute Gasteiger partial charge is 0.550 e. The summed E-state index contributed by atoms with van der Waals surface area (Å²) < 4.78 is 4.16. The van der Waals surface area contributed by atoms with Crippen molar-refractivity contribution in [2.75, 3.05) is 0 Å². The van der Waals surface area contributed by atoms with E-state index in [1.54, 1.807) is 0 Å². The maximum atomic E-state index is 8.89. The number of aromatic nitrogens is 2. The Morgan fingerprint density at radius 1 is 1.57 bits per heavy atom. The number of carbonyl (C=O) groups excluding carboxylic acids is 1. The zero-order valence-electron chi connectivity index (χ0n) is 9.06. The average Bonchev–Trinajstić information content (AvgIpc) is 2.54. The van der Waals surface area contributed by atoms with E-state index in [-0.39, 0.29) is 0 Å². The van der Waals surface area contributed by atoms with E-state index in [1.807, 2.05) is 17.8 Å². The molecule has 1 rings (SSSR count). The van der Waals surface area contributed by atoms with E-state index in [1.165, 1.54) is 0 Å². The van der Waals surface area contributed by atoms with Crippen LogP contribution in [0.2, 0.25) is 0 Å². The molecule has 0 aliphatic heterocycles. The summed E-state index contributed by atoms with van der Waals surface area (Å²) in [6.07, 6.45) is 6.14. The lowest BCUT2D eigenvalue weighted by molar-refractivity contribution is -0.671. The molecule has 1 heterocycles. The summed E-state index contributed by atoms with van der Waals surface area (Å²) in [6.45, 7) is 10.2. The predicted molar refractivity (Wildman–Crippen MR) is 53.2 cm³/mol. The van der Waals surface area contributed by atoms with Gasteiger partial charge in [0.25, 0.3) is 0 Å². The van der Waals surface area contributed by atoms with Gasteiger partial charge in [-0.2, -0.15) is 0 Å². The summed E-state index contributed by atoms with van der Waals surface area (Å²) in [5.74, 6) is -1.08. The fourth-order valence-electron chi connectivity index (χ4n) is 0.689. The van der Waals surface area contributed by atoms with Crippen LogP contribution in [0.4, 0.5) is 0 Å². The Hall–Kier alpha value is -1.58. The third kappa shape index (κ3) is 10.4. The summed E-state index contributed by atoms with van der Waals surface area (Å²) in [6, 6.07) is 0. The summed E-state index contributed by atoms with van der Waals surface area (Å²) >= 11 is 0. The summed E-state index contributed by atoms with van der Waals surface area (Å²) in [5, 5.41) is 8.89. The fourth-order valence-corrected chi connectivity index (χ4v) is 0.689. The van der Waals surface area contributed by atoms with E-state index in [0.29, 0.717) is 0 Å². The summed E-state index contributed by atoms with van der Waals surface area (Å²) in [7, 11) is 2.02. The lowest BCUT2D eigenvalue weighted by atomic mass is 10.7. The van der Waals surface area contributed by atoms with Crippen LogP contribution in [0.25, 0.3) is 0 Å². The van der Waals surface area contributed by atoms with Gasteiger partial charge in [0.15, 0.2) is 0 Å². The van der Waals surface area contributed by atoms with Crippen molar-refractivity contribution in [2.24, 2.45) is 7.05 Å². The first-order valence-electron chi connectivity index (χ1n) is 4.24. The van der Waals surface area contributed by atoms with Crippen molar-refractivity contribution < 1.29 is 14.5 Å². The highest BCUT2D eigenvalue weighted by Crippen LogP contribution is 1.79. The molecule has 0 bridgehead atoms. The van der Waals surface area contributed by atoms with Gasteiger partial charge in [-0.15, -0.1) is 13.2 Å². The number of nitrogens with zero attached hydrogens (tertiary/aromatic N) is 2. The molecule has 0 aliphatic carbocycles. The first kappa shape index (κ1) is 14.9. The molecule has 80 valence electrons. The smallest absolute Gasteiger partial charge is 0.243 e. The van der Waals surface area contributed by atoms with Crippen LogP contribution >= 0.6 is 0 Å². The average molecular weight is 198 g/mol. The maximum absolute atomic E-state index is 8.89. The van der Waals surface area contributed by atoms with E-state index in [0.717, 1.165) is 13.5 Å². The van der Waals surface area contributed by atoms with Gasteiger partial charge in [0.1, 0.15) is 12.4 Å². The molecule has 0 radical (unpaired) electrons. The van der Waals surface area contributed by atoms with Crippen LogP contribution in [0.3, 0.4) is 0 Å². The molecule has 0 saturated heterocycles. The molecule has 1 aromatic rings. The van der Waals surface area contributed by atoms with Crippen LogP contribution in [0, 0.1) is 0 Å². The molecule has 0 unspecified atom stereocenters. The highest BCUT2D eigenvalue weighted by Gasteiger charge is 1.92. The van der Waals surface area contributed by atoms with E-state index in [9.17, 15) is 0 Å². The van der Waals surface area contributed by atoms with Gasteiger partial charge in [-0.05, 0) is 13.8 Å². The summed E-state index contributed by atoms with van der Waals surface area (Å²) in [5.41, 5.74) is 0. The molecular formula is C10H18N2O2. The van der Waals surface area contributed by atoms with Gasteiger partial charge in [-0.25, -0.2) is 9.13 Å². The van der Waals surface area contributed by atoms with Crippen LogP contribution in [0.1, 0.15) is 13.8 Å². The topological polar surface area (TPSA) is 48.9 Å². The number of hydrogen-bond acceptors (Lipinski definition) is 2. The van der Waals surface area contributed by atoms with Gasteiger partial charge < -0.3 is 9.90 Å². The third-order valence-corrected chi connectivity index (χ3v) is 1.19. The van der Waals surface area contributed by atoms with Crippen LogP contribution in [0.5, 0.6) is 0 Å². The van der Waals surface area contributed by atoms with Crippen molar-refractivity contribution in [1.29, 1.82) is 0 Å². The van der Waals surface area contributed by atoms with E-state index >= 15 is 0 Å². The van der Waals surface area contributed by atoms with Gasteiger partial charge in [-0.1, -0.05) is 0 Å². The van der Waals surface area contributed by atoms with E-state index in [2.05, 4.69) is 37.2 Å². The van der Waals surface area contributed by atoms with Crippen molar-refractivity contribution in [3.8, 4) is 0 Å². The Labute approximate surface area is 85.1 Å². The SMILES string of the molecule is C=C.CC(=O)[O-].CCn1cc[n+](C)c1. The Kier molecular flexibility index (Phi) is 10.1. The molecule has 1 aromatic heterocycles. The molecule has 0 aromatic carbocycles. The van der Waals surface area contributed by atoms with Crippen molar-refractivity contribution in [1.82, 2.24) is 4.57 Å². The second kappa shape index (κ2) is 9.51. The first-order chi connectivity index (χ1) is 6.56.